The first-order chi connectivity index (χ1) is 15.2. The van der Waals surface area contributed by atoms with Gasteiger partial charge in [-0.3, -0.25) is 9.79 Å². The lowest BCUT2D eigenvalue weighted by atomic mass is 10.2. The van der Waals surface area contributed by atoms with Crippen LogP contribution in [0.1, 0.15) is 18.3 Å². The molecule has 0 unspecified atom stereocenters. The zero-order chi connectivity index (χ0) is 21.6. The van der Waals surface area contributed by atoms with Gasteiger partial charge in [0.1, 0.15) is 5.82 Å². The van der Waals surface area contributed by atoms with E-state index in [0.29, 0.717) is 19.6 Å². The van der Waals surface area contributed by atoms with Crippen LogP contribution in [0.3, 0.4) is 0 Å². The van der Waals surface area contributed by atoms with Crippen molar-refractivity contribution >= 4 is 34.2 Å². The molecule has 1 aromatic heterocycles. The van der Waals surface area contributed by atoms with Crippen LogP contribution < -0.4 is 20.4 Å². The molecule has 1 amide bonds. The molecule has 0 atom stereocenters. The third-order valence-electron chi connectivity index (χ3n) is 5.63. The number of amides is 1. The van der Waals surface area contributed by atoms with Crippen LogP contribution in [0.5, 0.6) is 0 Å². The first kappa shape index (κ1) is 21.4. The Morgan fingerprint density at radius 2 is 1.94 bits per heavy atom. The van der Waals surface area contributed by atoms with E-state index in [0.717, 1.165) is 61.7 Å². The number of piperazine rings is 2. The molecule has 2 fully saturated rings. The van der Waals surface area contributed by atoms with Crippen LogP contribution >= 0.6 is 11.5 Å². The number of hydrogen-bond acceptors (Lipinski definition) is 7. The molecule has 0 radical (unpaired) electrons. The molecule has 2 aliphatic rings. The standard InChI is InChI=1S/C21H30N8OS/c1-3-18-25-21(31-26-18)28-12-10-27(11-13-28)20(22-2)24-14-16-4-6-17(7-5-16)29-9-8-23-19(30)15-29/h4-7H,3,8-15H2,1-2H3,(H,22,24)(H,23,30). The summed E-state index contributed by atoms with van der Waals surface area (Å²) < 4.78 is 4.40. The molecule has 166 valence electrons. The Hall–Kier alpha value is -2.88. The van der Waals surface area contributed by atoms with Crippen LogP contribution in [0.25, 0.3) is 0 Å². The van der Waals surface area contributed by atoms with Gasteiger partial charge in [-0.05, 0) is 17.7 Å². The van der Waals surface area contributed by atoms with E-state index in [2.05, 4.69) is 70.9 Å². The van der Waals surface area contributed by atoms with Gasteiger partial charge in [-0.1, -0.05) is 19.1 Å². The molecular formula is C21H30N8OS. The van der Waals surface area contributed by atoms with Gasteiger partial charge in [0.25, 0.3) is 0 Å². The molecule has 2 saturated heterocycles. The fraction of sp³-hybridized carbons (Fsp3) is 0.524. The van der Waals surface area contributed by atoms with Crippen molar-refractivity contribution in [1.82, 2.24) is 24.9 Å². The number of benzene rings is 1. The maximum Gasteiger partial charge on any atom is 0.239 e. The monoisotopic (exact) mass is 442 g/mol. The highest BCUT2D eigenvalue weighted by Crippen LogP contribution is 2.19. The summed E-state index contributed by atoms with van der Waals surface area (Å²) >= 11 is 1.49. The predicted octanol–water partition coefficient (Wildman–Crippen LogP) is 0.934. The number of aryl methyl sites for hydroxylation is 1. The number of aromatic nitrogens is 2. The summed E-state index contributed by atoms with van der Waals surface area (Å²) in [4.78, 5) is 27.4. The van der Waals surface area contributed by atoms with E-state index in [1.54, 1.807) is 0 Å². The minimum atomic E-state index is 0.0813. The van der Waals surface area contributed by atoms with Gasteiger partial charge in [-0.2, -0.15) is 4.37 Å². The maximum atomic E-state index is 11.6. The smallest absolute Gasteiger partial charge is 0.239 e. The van der Waals surface area contributed by atoms with Crippen LogP contribution in [0.2, 0.25) is 0 Å². The van der Waals surface area contributed by atoms with Crippen LogP contribution in [-0.2, 0) is 17.8 Å². The number of guanidine groups is 1. The highest BCUT2D eigenvalue weighted by molar-refractivity contribution is 7.09. The number of hydrogen-bond donors (Lipinski definition) is 2. The summed E-state index contributed by atoms with van der Waals surface area (Å²) in [7, 11) is 1.83. The molecule has 0 bridgehead atoms. The summed E-state index contributed by atoms with van der Waals surface area (Å²) in [6, 6.07) is 8.40. The lowest BCUT2D eigenvalue weighted by Gasteiger charge is -2.36. The predicted molar refractivity (Wildman–Crippen MR) is 125 cm³/mol. The Morgan fingerprint density at radius 3 is 2.58 bits per heavy atom. The molecule has 0 spiro atoms. The number of aliphatic imine (C=N–C) groups is 1. The number of carbonyl (C=O) groups excluding carboxylic acids is 1. The van der Waals surface area contributed by atoms with Crippen LogP contribution in [0.4, 0.5) is 10.8 Å². The third-order valence-corrected chi connectivity index (χ3v) is 6.44. The number of carbonyl (C=O) groups is 1. The zero-order valence-electron chi connectivity index (χ0n) is 18.2. The molecule has 1 aromatic carbocycles. The lowest BCUT2D eigenvalue weighted by molar-refractivity contribution is -0.120. The zero-order valence-corrected chi connectivity index (χ0v) is 19.0. The first-order valence-corrected chi connectivity index (χ1v) is 11.6. The van der Waals surface area contributed by atoms with Gasteiger partial charge in [0.15, 0.2) is 5.96 Å². The molecule has 4 rings (SSSR count). The highest BCUT2D eigenvalue weighted by atomic mass is 32.1. The van der Waals surface area contributed by atoms with E-state index in [1.807, 2.05) is 7.05 Å². The largest absolute Gasteiger partial charge is 0.360 e. The number of rotatable bonds is 5. The van der Waals surface area contributed by atoms with Gasteiger partial charge >= 0.3 is 0 Å². The van der Waals surface area contributed by atoms with Gasteiger partial charge in [-0.25, -0.2) is 4.98 Å². The molecule has 10 heteroatoms. The second-order valence-electron chi connectivity index (χ2n) is 7.66. The topological polar surface area (TPSA) is 89.0 Å². The molecule has 2 aromatic rings. The fourth-order valence-corrected chi connectivity index (χ4v) is 4.62. The summed E-state index contributed by atoms with van der Waals surface area (Å²) in [5.41, 5.74) is 2.27. The molecular weight excluding hydrogens is 412 g/mol. The summed E-state index contributed by atoms with van der Waals surface area (Å²) in [6.45, 7) is 8.39. The maximum absolute atomic E-state index is 11.6. The van der Waals surface area contributed by atoms with Crippen molar-refractivity contribution in [2.75, 3.05) is 62.7 Å². The molecule has 3 heterocycles. The van der Waals surface area contributed by atoms with Crippen LogP contribution in [0, 0.1) is 0 Å². The Bertz CT molecular complexity index is 904. The van der Waals surface area contributed by atoms with E-state index in [1.165, 1.54) is 17.1 Å². The normalized spacial score (nSPS) is 17.7. The van der Waals surface area contributed by atoms with Crippen molar-refractivity contribution in [2.45, 2.75) is 19.9 Å². The average molecular weight is 443 g/mol. The van der Waals surface area contributed by atoms with Crippen molar-refractivity contribution in [2.24, 2.45) is 4.99 Å². The van der Waals surface area contributed by atoms with E-state index < -0.39 is 0 Å². The molecule has 2 aliphatic heterocycles. The third kappa shape index (κ3) is 5.25. The first-order valence-electron chi connectivity index (χ1n) is 10.8. The number of anilines is 2. The fourth-order valence-electron chi connectivity index (χ4n) is 3.82. The summed E-state index contributed by atoms with van der Waals surface area (Å²) in [5.74, 6) is 1.93. The SMILES string of the molecule is CCc1nsc(N2CCN(C(=NC)NCc3ccc(N4CCNC(=O)C4)cc3)CC2)n1. The average Bonchev–Trinajstić information content (AvgIpc) is 3.30. The van der Waals surface area contributed by atoms with E-state index in [4.69, 9.17) is 0 Å². The van der Waals surface area contributed by atoms with E-state index in [9.17, 15) is 4.79 Å². The Morgan fingerprint density at radius 1 is 1.16 bits per heavy atom. The van der Waals surface area contributed by atoms with E-state index >= 15 is 0 Å². The van der Waals surface area contributed by atoms with Gasteiger partial charge in [0, 0.05) is 76.5 Å². The lowest BCUT2D eigenvalue weighted by Crippen LogP contribution is -2.52. The second kappa shape index (κ2) is 9.95. The number of nitrogens with zero attached hydrogens (tertiary/aromatic N) is 6. The van der Waals surface area contributed by atoms with E-state index in [-0.39, 0.29) is 5.91 Å². The van der Waals surface area contributed by atoms with Gasteiger partial charge in [-0.15, -0.1) is 0 Å². The summed E-state index contributed by atoms with van der Waals surface area (Å²) in [6.07, 6.45) is 0.876. The molecule has 31 heavy (non-hydrogen) atoms. The molecule has 2 N–H and O–H groups in total. The minimum absolute atomic E-state index is 0.0813. The van der Waals surface area contributed by atoms with Gasteiger partial charge < -0.3 is 25.3 Å². The van der Waals surface area contributed by atoms with Crippen LogP contribution in [0.15, 0.2) is 29.3 Å². The quantitative estimate of drug-likeness (QED) is 0.526. The van der Waals surface area contributed by atoms with Gasteiger partial charge in [0.2, 0.25) is 11.0 Å². The van der Waals surface area contributed by atoms with Gasteiger partial charge in [0.05, 0.1) is 6.54 Å². The van der Waals surface area contributed by atoms with Crippen molar-refractivity contribution in [3.05, 3.63) is 35.7 Å². The molecule has 9 nitrogen and oxygen atoms in total. The second-order valence-corrected chi connectivity index (χ2v) is 8.39. The minimum Gasteiger partial charge on any atom is -0.360 e. The Kier molecular flexibility index (Phi) is 6.86. The van der Waals surface area contributed by atoms with Crippen LogP contribution in [-0.4, -0.2) is 79.0 Å². The Balaban J connectivity index is 1.27. The summed E-state index contributed by atoms with van der Waals surface area (Å²) in [5, 5.41) is 7.36. The van der Waals surface area contributed by atoms with Crippen molar-refractivity contribution in [3.8, 4) is 0 Å². The highest BCUT2D eigenvalue weighted by Gasteiger charge is 2.22. The van der Waals surface area contributed by atoms with Crippen molar-refractivity contribution < 1.29 is 4.79 Å². The molecule has 0 aliphatic carbocycles. The number of nitrogens with one attached hydrogen (secondary N) is 2. The molecule has 0 saturated carbocycles. The Labute approximate surface area is 187 Å². The van der Waals surface area contributed by atoms with Crippen molar-refractivity contribution in [3.63, 3.8) is 0 Å². The van der Waals surface area contributed by atoms with Crippen molar-refractivity contribution in [1.29, 1.82) is 0 Å².